The van der Waals surface area contributed by atoms with Crippen molar-refractivity contribution in [3.05, 3.63) is 59.7 Å². The van der Waals surface area contributed by atoms with Crippen molar-refractivity contribution in [2.45, 2.75) is 25.9 Å². The molecule has 1 saturated carbocycles. The number of aliphatic imine (C=N–C) groups is 1. The maximum atomic E-state index is 11.6. The minimum atomic E-state index is -3.34. The van der Waals surface area contributed by atoms with Gasteiger partial charge < -0.3 is 15.4 Å². The summed E-state index contributed by atoms with van der Waals surface area (Å²) in [7, 11) is -1.64. The van der Waals surface area contributed by atoms with Gasteiger partial charge in [-0.3, -0.25) is 9.71 Å². The molecule has 29 heavy (non-hydrogen) atoms. The van der Waals surface area contributed by atoms with E-state index in [1.807, 2.05) is 36.4 Å². The molecule has 3 rings (SSSR count). The molecule has 3 N–H and O–H groups in total. The van der Waals surface area contributed by atoms with Crippen molar-refractivity contribution in [3.8, 4) is 5.75 Å². The summed E-state index contributed by atoms with van der Waals surface area (Å²) in [6.45, 7) is 1.77. The zero-order valence-electron chi connectivity index (χ0n) is 16.8. The van der Waals surface area contributed by atoms with E-state index in [0.29, 0.717) is 30.7 Å². The Kier molecular flexibility index (Phi) is 6.98. The molecule has 1 aliphatic carbocycles. The molecule has 0 spiro atoms. The highest BCUT2D eigenvalue weighted by Crippen LogP contribution is 2.30. The van der Waals surface area contributed by atoms with Crippen molar-refractivity contribution in [1.29, 1.82) is 0 Å². The lowest BCUT2D eigenvalue weighted by Gasteiger charge is -2.16. The fourth-order valence-corrected chi connectivity index (χ4v) is 3.43. The lowest BCUT2D eigenvalue weighted by atomic mass is 10.2. The van der Waals surface area contributed by atoms with Gasteiger partial charge >= 0.3 is 0 Å². The summed E-state index contributed by atoms with van der Waals surface area (Å²) < 4.78 is 31.6. The molecule has 0 amide bonds. The molecule has 7 nitrogen and oxygen atoms in total. The molecule has 1 fully saturated rings. The number of anilines is 1. The SMILES string of the molecule is CN=C(NCc1ccccc1NS(C)(=O)=O)NCc1ccccc1OCC1CC1. The van der Waals surface area contributed by atoms with Gasteiger partial charge in [0.1, 0.15) is 5.75 Å². The van der Waals surface area contributed by atoms with Crippen LogP contribution in [0.5, 0.6) is 5.75 Å². The molecule has 0 radical (unpaired) electrons. The van der Waals surface area contributed by atoms with Crippen molar-refractivity contribution in [3.63, 3.8) is 0 Å². The molecule has 0 aromatic heterocycles. The van der Waals surface area contributed by atoms with Crippen LogP contribution in [0, 0.1) is 5.92 Å². The van der Waals surface area contributed by atoms with Gasteiger partial charge in [0.25, 0.3) is 0 Å². The van der Waals surface area contributed by atoms with E-state index in [2.05, 4.69) is 20.3 Å². The number of sulfonamides is 1. The predicted molar refractivity (Wildman–Crippen MR) is 117 cm³/mol. The van der Waals surface area contributed by atoms with Crippen LogP contribution < -0.4 is 20.1 Å². The molecule has 8 heteroatoms. The first-order chi connectivity index (χ1) is 13.9. The molecule has 156 valence electrons. The summed E-state index contributed by atoms with van der Waals surface area (Å²) in [5, 5.41) is 6.51. The lowest BCUT2D eigenvalue weighted by Crippen LogP contribution is -2.36. The smallest absolute Gasteiger partial charge is 0.229 e. The van der Waals surface area contributed by atoms with Crippen molar-refractivity contribution in [2.75, 3.05) is 24.6 Å². The number of ether oxygens (including phenoxy) is 1. The Balaban J connectivity index is 1.57. The third-order valence-corrected chi connectivity index (χ3v) is 5.16. The lowest BCUT2D eigenvalue weighted by molar-refractivity contribution is 0.296. The van der Waals surface area contributed by atoms with Gasteiger partial charge in [-0.1, -0.05) is 36.4 Å². The monoisotopic (exact) mass is 416 g/mol. The Morgan fingerprint density at radius 1 is 1.03 bits per heavy atom. The number of rotatable bonds is 9. The number of para-hydroxylation sites is 2. The van der Waals surface area contributed by atoms with Crippen molar-refractivity contribution < 1.29 is 13.2 Å². The topological polar surface area (TPSA) is 91.8 Å². The van der Waals surface area contributed by atoms with Crippen LogP contribution in [0.15, 0.2) is 53.5 Å². The average molecular weight is 417 g/mol. The number of nitrogens with zero attached hydrogens (tertiary/aromatic N) is 1. The Morgan fingerprint density at radius 3 is 2.31 bits per heavy atom. The zero-order valence-corrected chi connectivity index (χ0v) is 17.6. The first kappa shape index (κ1) is 21.0. The summed E-state index contributed by atoms with van der Waals surface area (Å²) in [5.41, 5.74) is 2.45. The summed E-state index contributed by atoms with van der Waals surface area (Å²) in [6.07, 6.45) is 3.65. The summed E-state index contributed by atoms with van der Waals surface area (Å²) >= 11 is 0. The van der Waals surface area contributed by atoms with Crippen LogP contribution in [0.2, 0.25) is 0 Å². The fourth-order valence-electron chi connectivity index (χ4n) is 2.84. The van der Waals surface area contributed by atoms with Crippen LogP contribution in [0.1, 0.15) is 24.0 Å². The Morgan fingerprint density at radius 2 is 1.66 bits per heavy atom. The van der Waals surface area contributed by atoms with E-state index in [1.165, 1.54) is 12.8 Å². The number of guanidine groups is 1. The van der Waals surface area contributed by atoms with Crippen LogP contribution in [-0.4, -0.2) is 34.3 Å². The molecule has 0 aliphatic heterocycles. The zero-order chi connectivity index (χ0) is 20.7. The number of hydrogen-bond acceptors (Lipinski definition) is 4. The van der Waals surface area contributed by atoms with E-state index in [-0.39, 0.29) is 0 Å². The maximum Gasteiger partial charge on any atom is 0.229 e. The van der Waals surface area contributed by atoms with E-state index in [9.17, 15) is 8.42 Å². The van der Waals surface area contributed by atoms with Crippen molar-refractivity contribution >= 4 is 21.7 Å². The van der Waals surface area contributed by atoms with Crippen molar-refractivity contribution in [1.82, 2.24) is 10.6 Å². The first-order valence-electron chi connectivity index (χ1n) is 9.65. The van der Waals surface area contributed by atoms with Crippen LogP contribution in [0.4, 0.5) is 5.69 Å². The second kappa shape index (κ2) is 9.65. The normalized spacial score (nSPS) is 14.3. The van der Waals surface area contributed by atoms with Gasteiger partial charge in [0.15, 0.2) is 5.96 Å². The standard InChI is InChI=1S/C21H28N4O3S/c1-22-21(23-13-17-7-3-5-9-19(17)25-29(2,26)27)24-14-18-8-4-6-10-20(18)28-15-16-11-12-16/h3-10,16,25H,11-15H2,1-2H3,(H2,22,23,24). The van der Waals surface area contributed by atoms with Crippen LogP contribution in [-0.2, 0) is 23.1 Å². The van der Waals surface area contributed by atoms with Crippen molar-refractivity contribution in [2.24, 2.45) is 10.9 Å². The molecular formula is C21H28N4O3S. The molecule has 0 atom stereocenters. The van der Waals surface area contributed by atoms with Crippen LogP contribution in [0.3, 0.4) is 0 Å². The number of benzene rings is 2. The highest BCUT2D eigenvalue weighted by Gasteiger charge is 2.22. The average Bonchev–Trinajstić information content (AvgIpc) is 3.51. The number of hydrogen-bond donors (Lipinski definition) is 3. The molecular weight excluding hydrogens is 388 g/mol. The van der Waals surface area contributed by atoms with Gasteiger partial charge in [0.05, 0.1) is 18.6 Å². The Hall–Kier alpha value is -2.74. The van der Waals surface area contributed by atoms with E-state index >= 15 is 0 Å². The Bertz CT molecular complexity index is 956. The van der Waals surface area contributed by atoms with Gasteiger partial charge in [-0.05, 0) is 36.5 Å². The van der Waals surface area contributed by atoms with Gasteiger partial charge in [-0.15, -0.1) is 0 Å². The fraction of sp³-hybridized carbons (Fsp3) is 0.381. The van der Waals surface area contributed by atoms with E-state index in [4.69, 9.17) is 4.74 Å². The highest BCUT2D eigenvalue weighted by molar-refractivity contribution is 7.92. The molecule has 2 aromatic carbocycles. The highest BCUT2D eigenvalue weighted by atomic mass is 32.2. The van der Waals surface area contributed by atoms with Gasteiger partial charge in [-0.2, -0.15) is 0 Å². The van der Waals surface area contributed by atoms with E-state index < -0.39 is 10.0 Å². The second-order valence-electron chi connectivity index (χ2n) is 7.17. The Labute approximate surface area is 172 Å². The molecule has 1 aliphatic rings. The third kappa shape index (κ3) is 6.98. The van der Waals surface area contributed by atoms with Crippen LogP contribution >= 0.6 is 0 Å². The largest absolute Gasteiger partial charge is 0.493 e. The third-order valence-electron chi connectivity index (χ3n) is 4.57. The first-order valence-corrected chi connectivity index (χ1v) is 11.5. The molecule has 0 saturated heterocycles. The van der Waals surface area contributed by atoms with Gasteiger partial charge in [-0.25, -0.2) is 8.42 Å². The quantitative estimate of drug-likeness (QED) is 0.432. The summed E-state index contributed by atoms with van der Waals surface area (Å²) in [4.78, 5) is 4.25. The molecule has 0 unspecified atom stereocenters. The van der Waals surface area contributed by atoms with Gasteiger partial charge in [0.2, 0.25) is 10.0 Å². The maximum absolute atomic E-state index is 11.6. The van der Waals surface area contributed by atoms with Gasteiger partial charge in [0, 0.05) is 25.7 Å². The van der Waals surface area contributed by atoms with Crippen LogP contribution in [0.25, 0.3) is 0 Å². The number of nitrogens with one attached hydrogen (secondary N) is 3. The van der Waals surface area contributed by atoms with E-state index in [0.717, 1.165) is 29.7 Å². The second-order valence-corrected chi connectivity index (χ2v) is 8.92. The summed E-state index contributed by atoms with van der Waals surface area (Å²) in [5.74, 6) is 2.22. The van der Waals surface area contributed by atoms with E-state index in [1.54, 1.807) is 19.2 Å². The molecule has 0 heterocycles. The minimum absolute atomic E-state index is 0.429. The predicted octanol–water partition coefficient (Wildman–Crippen LogP) is 2.71. The molecule has 2 aromatic rings. The molecule has 0 bridgehead atoms. The summed E-state index contributed by atoms with van der Waals surface area (Å²) in [6, 6.07) is 15.3. The minimum Gasteiger partial charge on any atom is -0.493 e.